The first kappa shape index (κ1) is 16.8. The van der Waals surface area contributed by atoms with Crippen molar-refractivity contribution < 1.29 is 19.0 Å². The zero-order valence-corrected chi connectivity index (χ0v) is 14.4. The Labute approximate surface area is 147 Å². The van der Waals surface area contributed by atoms with Crippen LogP contribution in [0.5, 0.6) is 0 Å². The molecule has 3 saturated heterocycles. The first-order valence-electron chi connectivity index (χ1n) is 9.12. The van der Waals surface area contributed by atoms with E-state index in [1.54, 1.807) is 6.20 Å². The summed E-state index contributed by atoms with van der Waals surface area (Å²) in [7, 11) is 0. The summed E-state index contributed by atoms with van der Waals surface area (Å²) < 4.78 is 16.8. The summed E-state index contributed by atoms with van der Waals surface area (Å²) in [6.07, 6.45) is 5.03. The number of piperidine rings is 1. The van der Waals surface area contributed by atoms with Gasteiger partial charge in [-0.25, -0.2) is 4.98 Å². The van der Waals surface area contributed by atoms with Gasteiger partial charge in [-0.1, -0.05) is 0 Å². The minimum absolute atomic E-state index is 0.0399. The number of hydrogen-bond donors (Lipinski definition) is 1. The summed E-state index contributed by atoms with van der Waals surface area (Å²) in [6.45, 7) is 4.44. The molecule has 0 saturated carbocycles. The summed E-state index contributed by atoms with van der Waals surface area (Å²) in [4.78, 5) is 19.0. The molecule has 3 aliphatic rings. The molecule has 1 N–H and O–H groups in total. The second kappa shape index (κ2) is 7.27. The zero-order valence-electron chi connectivity index (χ0n) is 14.4. The highest BCUT2D eigenvalue weighted by Crippen LogP contribution is 2.32. The van der Waals surface area contributed by atoms with E-state index >= 15 is 0 Å². The van der Waals surface area contributed by atoms with E-state index in [-0.39, 0.29) is 17.6 Å². The third-order valence-electron chi connectivity index (χ3n) is 5.27. The number of carbonyl (C=O) groups excluding carboxylic acids is 1. The van der Waals surface area contributed by atoms with Gasteiger partial charge in [-0.2, -0.15) is 0 Å². The Kier molecular flexibility index (Phi) is 4.87. The molecule has 0 aliphatic carbocycles. The van der Waals surface area contributed by atoms with E-state index in [0.717, 1.165) is 50.3 Å². The van der Waals surface area contributed by atoms with Crippen LogP contribution in [-0.2, 0) is 19.0 Å². The minimum atomic E-state index is -0.367. The molecule has 1 amide bonds. The molecule has 3 fully saturated rings. The van der Waals surface area contributed by atoms with Crippen LogP contribution in [0, 0.1) is 5.92 Å². The molecule has 0 radical (unpaired) electrons. The molecule has 4 rings (SSSR count). The van der Waals surface area contributed by atoms with E-state index in [9.17, 15) is 4.79 Å². The highest BCUT2D eigenvalue weighted by molar-refractivity contribution is 5.92. The van der Waals surface area contributed by atoms with E-state index in [1.165, 1.54) is 0 Å². The van der Waals surface area contributed by atoms with E-state index in [1.807, 2.05) is 12.1 Å². The highest BCUT2D eigenvalue weighted by Gasteiger charge is 2.40. The number of pyridine rings is 1. The lowest BCUT2D eigenvalue weighted by Crippen LogP contribution is -2.45. The van der Waals surface area contributed by atoms with E-state index in [4.69, 9.17) is 14.2 Å². The first-order valence-corrected chi connectivity index (χ1v) is 9.12. The lowest BCUT2D eigenvalue weighted by molar-refractivity contribution is -0.169. The summed E-state index contributed by atoms with van der Waals surface area (Å²) in [6, 6.07) is 3.89. The fourth-order valence-electron chi connectivity index (χ4n) is 3.71. The van der Waals surface area contributed by atoms with Gasteiger partial charge in [0, 0.05) is 45.1 Å². The van der Waals surface area contributed by atoms with Crippen LogP contribution in [0.15, 0.2) is 18.3 Å². The van der Waals surface area contributed by atoms with Gasteiger partial charge in [0.15, 0.2) is 5.79 Å². The van der Waals surface area contributed by atoms with Crippen LogP contribution in [0.2, 0.25) is 0 Å². The Morgan fingerprint density at radius 1 is 1.12 bits per heavy atom. The highest BCUT2D eigenvalue weighted by atomic mass is 16.7. The third kappa shape index (κ3) is 3.78. The topological polar surface area (TPSA) is 72.9 Å². The second-order valence-corrected chi connectivity index (χ2v) is 6.88. The normalized spacial score (nSPS) is 23.8. The maximum Gasteiger partial charge on any atom is 0.227 e. The smallest absolute Gasteiger partial charge is 0.227 e. The number of aromatic nitrogens is 1. The van der Waals surface area contributed by atoms with Crippen molar-refractivity contribution in [1.29, 1.82) is 0 Å². The van der Waals surface area contributed by atoms with Crippen molar-refractivity contribution >= 4 is 17.4 Å². The monoisotopic (exact) mass is 347 g/mol. The number of hydrogen-bond acceptors (Lipinski definition) is 6. The maximum atomic E-state index is 12.3. The standard InChI is InChI=1S/C18H25N3O4/c22-17(14-3-9-23-10-4-14)20-15-1-2-16(19-13-15)21-7-5-18(6-8-21)24-11-12-25-18/h1-2,13-14H,3-12H2,(H,20,22). The minimum Gasteiger partial charge on any atom is -0.381 e. The average molecular weight is 347 g/mol. The van der Waals surface area contributed by atoms with Crippen molar-refractivity contribution in [3.8, 4) is 0 Å². The lowest BCUT2D eigenvalue weighted by Gasteiger charge is -2.38. The number of carbonyl (C=O) groups is 1. The average Bonchev–Trinajstić information content (AvgIpc) is 3.12. The fraction of sp³-hybridized carbons (Fsp3) is 0.667. The zero-order chi connectivity index (χ0) is 17.1. The van der Waals surface area contributed by atoms with E-state index < -0.39 is 0 Å². The third-order valence-corrected chi connectivity index (χ3v) is 5.27. The summed E-state index contributed by atoms with van der Waals surface area (Å²) >= 11 is 0. The van der Waals surface area contributed by atoms with Crippen molar-refractivity contribution in [3.05, 3.63) is 18.3 Å². The van der Waals surface area contributed by atoms with Crippen molar-refractivity contribution in [2.75, 3.05) is 49.7 Å². The molecule has 4 heterocycles. The molecular formula is C18H25N3O4. The van der Waals surface area contributed by atoms with Gasteiger partial charge in [0.1, 0.15) is 5.82 Å². The van der Waals surface area contributed by atoms with Crippen LogP contribution in [0.3, 0.4) is 0 Å². The van der Waals surface area contributed by atoms with Crippen LogP contribution < -0.4 is 10.2 Å². The van der Waals surface area contributed by atoms with Gasteiger partial charge in [-0.15, -0.1) is 0 Å². The van der Waals surface area contributed by atoms with Crippen molar-refractivity contribution in [2.45, 2.75) is 31.5 Å². The summed E-state index contributed by atoms with van der Waals surface area (Å²) in [5.74, 6) is 0.664. The Balaban J connectivity index is 1.32. The van der Waals surface area contributed by atoms with Gasteiger partial charge in [0.25, 0.3) is 0 Å². The Morgan fingerprint density at radius 2 is 1.84 bits per heavy atom. The van der Waals surface area contributed by atoms with Crippen molar-refractivity contribution in [2.24, 2.45) is 5.92 Å². The van der Waals surface area contributed by atoms with Gasteiger partial charge >= 0.3 is 0 Å². The molecule has 3 aliphatic heterocycles. The largest absolute Gasteiger partial charge is 0.381 e. The van der Waals surface area contributed by atoms with E-state index in [0.29, 0.717) is 26.4 Å². The molecule has 1 aromatic rings. The molecule has 0 bridgehead atoms. The molecule has 1 spiro atoms. The number of ether oxygens (including phenoxy) is 3. The quantitative estimate of drug-likeness (QED) is 0.899. The summed E-state index contributed by atoms with van der Waals surface area (Å²) in [5, 5.41) is 2.97. The van der Waals surface area contributed by atoms with Crippen molar-refractivity contribution in [3.63, 3.8) is 0 Å². The van der Waals surface area contributed by atoms with Crippen LogP contribution in [0.4, 0.5) is 11.5 Å². The molecule has 1 aromatic heterocycles. The number of nitrogens with one attached hydrogen (secondary N) is 1. The van der Waals surface area contributed by atoms with Crippen LogP contribution in [0.1, 0.15) is 25.7 Å². The van der Waals surface area contributed by atoms with Crippen LogP contribution in [-0.4, -0.2) is 56.2 Å². The van der Waals surface area contributed by atoms with Crippen molar-refractivity contribution in [1.82, 2.24) is 4.98 Å². The van der Waals surface area contributed by atoms with E-state index in [2.05, 4.69) is 15.2 Å². The predicted molar refractivity (Wildman–Crippen MR) is 92.5 cm³/mol. The Morgan fingerprint density at radius 3 is 2.48 bits per heavy atom. The molecular weight excluding hydrogens is 322 g/mol. The summed E-state index contributed by atoms with van der Waals surface area (Å²) in [5.41, 5.74) is 0.746. The van der Waals surface area contributed by atoms with Gasteiger partial charge in [0.05, 0.1) is 25.1 Å². The van der Waals surface area contributed by atoms with Gasteiger partial charge in [-0.05, 0) is 25.0 Å². The molecule has 0 unspecified atom stereocenters. The number of anilines is 2. The van der Waals surface area contributed by atoms with Gasteiger partial charge < -0.3 is 24.4 Å². The van der Waals surface area contributed by atoms with Gasteiger partial charge in [0.2, 0.25) is 5.91 Å². The van der Waals surface area contributed by atoms with Crippen LogP contribution in [0.25, 0.3) is 0 Å². The second-order valence-electron chi connectivity index (χ2n) is 6.88. The maximum absolute atomic E-state index is 12.3. The van der Waals surface area contributed by atoms with Crippen LogP contribution >= 0.6 is 0 Å². The SMILES string of the molecule is O=C(Nc1ccc(N2CCC3(CC2)OCCO3)nc1)C1CCOCC1. The molecule has 25 heavy (non-hydrogen) atoms. The molecule has 0 atom stereocenters. The molecule has 7 nitrogen and oxygen atoms in total. The molecule has 136 valence electrons. The first-order chi connectivity index (χ1) is 12.2. The van der Waals surface area contributed by atoms with Gasteiger partial charge in [-0.3, -0.25) is 4.79 Å². The predicted octanol–water partition coefficient (Wildman–Crippen LogP) is 1.79. The fourth-order valence-corrected chi connectivity index (χ4v) is 3.71. The molecule has 7 heteroatoms. The number of amides is 1. The Bertz CT molecular complexity index is 585. The lowest BCUT2D eigenvalue weighted by atomic mass is 9.99. The number of nitrogens with zero attached hydrogens (tertiary/aromatic N) is 2. The Hall–Kier alpha value is -1.70. The number of rotatable bonds is 3. The molecule has 0 aromatic carbocycles.